The zero-order valence-electron chi connectivity index (χ0n) is 17.1. The van der Waals surface area contributed by atoms with Gasteiger partial charge in [0, 0.05) is 37.3 Å². The number of nitrogens with two attached hydrogens (primary N) is 1. The van der Waals surface area contributed by atoms with Gasteiger partial charge in [-0.15, -0.1) is 0 Å². The van der Waals surface area contributed by atoms with E-state index in [9.17, 15) is 17.6 Å². The molecule has 2 aromatic carbocycles. The molecular formula is C22H24FN3O3S. The van der Waals surface area contributed by atoms with Gasteiger partial charge in [-0.2, -0.15) is 0 Å². The Morgan fingerprint density at radius 2 is 1.80 bits per heavy atom. The molecule has 8 heteroatoms. The average molecular weight is 430 g/mol. The zero-order chi connectivity index (χ0) is 22.1. The highest BCUT2D eigenvalue weighted by atomic mass is 32.2. The molecule has 0 saturated carbocycles. The number of benzene rings is 2. The third-order valence-corrected chi connectivity index (χ3v) is 6.17. The minimum absolute atomic E-state index is 0.218. The van der Waals surface area contributed by atoms with E-state index in [0.29, 0.717) is 13.0 Å². The van der Waals surface area contributed by atoms with Crippen LogP contribution in [0.5, 0.6) is 0 Å². The minimum Gasteiger partial charge on any atom is -0.351 e. The van der Waals surface area contributed by atoms with E-state index in [-0.39, 0.29) is 10.7 Å². The van der Waals surface area contributed by atoms with E-state index in [0.717, 1.165) is 28.1 Å². The lowest BCUT2D eigenvalue weighted by Crippen LogP contribution is -2.33. The standard InChI is InChI=1S/C22H24FN3O3S/c1-15-4-9-19(30(3,28)29)14-20(15)21-16(10-12-25(2)22(24)27)11-13-26(21)18-7-5-17(23)6-8-18/h4-9,11,13-14H,10,12H2,1-3H3,(H2,24,27). The zero-order valence-corrected chi connectivity index (χ0v) is 17.9. The van der Waals surface area contributed by atoms with Gasteiger partial charge in [-0.3, -0.25) is 0 Å². The Morgan fingerprint density at radius 1 is 1.13 bits per heavy atom. The number of hydrogen-bond donors (Lipinski definition) is 1. The molecule has 2 amide bonds. The van der Waals surface area contributed by atoms with Crippen LogP contribution in [-0.4, -0.2) is 43.8 Å². The van der Waals surface area contributed by atoms with Crippen LogP contribution in [0.15, 0.2) is 59.6 Å². The molecule has 0 aliphatic rings. The summed E-state index contributed by atoms with van der Waals surface area (Å²) in [5, 5.41) is 0. The van der Waals surface area contributed by atoms with E-state index < -0.39 is 15.9 Å². The van der Waals surface area contributed by atoms with Crippen molar-refractivity contribution in [3.63, 3.8) is 0 Å². The molecular weight excluding hydrogens is 405 g/mol. The molecule has 0 bridgehead atoms. The van der Waals surface area contributed by atoms with Gasteiger partial charge < -0.3 is 15.2 Å². The van der Waals surface area contributed by atoms with E-state index in [1.807, 2.05) is 23.8 Å². The molecule has 158 valence electrons. The first-order valence-corrected chi connectivity index (χ1v) is 11.2. The molecule has 0 unspecified atom stereocenters. The van der Waals surface area contributed by atoms with Gasteiger partial charge in [0.15, 0.2) is 9.84 Å². The lowest BCUT2D eigenvalue weighted by molar-refractivity contribution is 0.219. The number of sulfone groups is 1. The van der Waals surface area contributed by atoms with Crippen molar-refractivity contribution < 1.29 is 17.6 Å². The number of urea groups is 1. The van der Waals surface area contributed by atoms with Crippen LogP contribution in [-0.2, 0) is 16.3 Å². The van der Waals surface area contributed by atoms with Crippen LogP contribution < -0.4 is 5.73 Å². The summed E-state index contributed by atoms with van der Waals surface area (Å²) in [5.74, 6) is -0.342. The second kappa shape index (κ2) is 8.31. The molecule has 0 aliphatic carbocycles. The third kappa shape index (κ3) is 4.54. The third-order valence-electron chi connectivity index (χ3n) is 5.06. The molecule has 0 atom stereocenters. The second-order valence-corrected chi connectivity index (χ2v) is 9.31. The summed E-state index contributed by atoms with van der Waals surface area (Å²) in [4.78, 5) is 13.0. The van der Waals surface area contributed by atoms with Gasteiger partial charge in [-0.05, 0) is 66.9 Å². The second-order valence-electron chi connectivity index (χ2n) is 7.29. The molecule has 0 fully saturated rings. The fourth-order valence-electron chi connectivity index (χ4n) is 3.28. The molecule has 0 spiro atoms. The van der Waals surface area contributed by atoms with Gasteiger partial charge in [-0.25, -0.2) is 17.6 Å². The Kier molecular flexibility index (Phi) is 5.98. The van der Waals surface area contributed by atoms with Crippen molar-refractivity contribution in [1.82, 2.24) is 9.47 Å². The normalized spacial score (nSPS) is 11.5. The van der Waals surface area contributed by atoms with Crippen molar-refractivity contribution in [3.05, 3.63) is 71.7 Å². The van der Waals surface area contributed by atoms with Crippen LogP contribution in [0, 0.1) is 12.7 Å². The van der Waals surface area contributed by atoms with E-state index >= 15 is 0 Å². The van der Waals surface area contributed by atoms with Crippen LogP contribution in [0.2, 0.25) is 0 Å². The Labute approximate surface area is 175 Å². The van der Waals surface area contributed by atoms with Crippen molar-refractivity contribution in [1.29, 1.82) is 0 Å². The molecule has 3 aromatic rings. The van der Waals surface area contributed by atoms with Gasteiger partial charge in [0.1, 0.15) is 5.82 Å². The summed E-state index contributed by atoms with van der Waals surface area (Å²) in [6.45, 7) is 2.31. The highest BCUT2D eigenvalue weighted by Crippen LogP contribution is 2.33. The van der Waals surface area contributed by atoms with Crippen molar-refractivity contribution in [2.45, 2.75) is 18.2 Å². The van der Waals surface area contributed by atoms with E-state index in [4.69, 9.17) is 5.73 Å². The molecule has 3 rings (SSSR count). The maximum absolute atomic E-state index is 13.4. The predicted molar refractivity (Wildman–Crippen MR) is 115 cm³/mol. The van der Waals surface area contributed by atoms with E-state index in [1.165, 1.54) is 23.3 Å². The number of nitrogens with zero attached hydrogens (tertiary/aromatic N) is 2. The number of likely N-dealkylation sites (N-methyl/N-ethyl adjacent to an activating group) is 1. The topological polar surface area (TPSA) is 85.4 Å². The molecule has 1 heterocycles. The van der Waals surface area contributed by atoms with E-state index in [2.05, 4.69) is 0 Å². The Morgan fingerprint density at radius 3 is 2.40 bits per heavy atom. The first kappa shape index (κ1) is 21.6. The average Bonchev–Trinajstić information content (AvgIpc) is 3.09. The van der Waals surface area contributed by atoms with Crippen LogP contribution >= 0.6 is 0 Å². The number of primary amides is 1. The summed E-state index contributed by atoms with van der Waals surface area (Å²) in [6.07, 6.45) is 3.55. The van der Waals surface area contributed by atoms with Crippen LogP contribution in [0.1, 0.15) is 11.1 Å². The van der Waals surface area contributed by atoms with E-state index in [1.54, 1.807) is 37.4 Å². The Bertz CT molecular complexity index is 1180. The molecule has 6 nitrogen and oxygen atoms in total. The SMILES string of the molecule is Cc1ccc(S(C)(=O)=O)cc1-c1c(CCN(C)C(N)=O)ccn1-c1ccc(F)cc1. The summed E-state index contributed by atoms with van der Waals surface area (Å²) >= 11 is 0. The smallest absolute Gasteiger partial charge is 0.314 e. The largest absolute Gasteiger partial charge is 0.351 e. The van der Waals surface area contributed by atoms with Crippen LogP contribution in [0.25, 0.3) is 16.9 Å². The first-order chi connectivity index (χ1) is 14.1. The number of carbonyl (C=O) groups excluding carboxylic acids is 1. The number of amides is 2. The highest BCUT2D eigenvalue weighted by Gasteiger charge is 2.18. The van der Waals surface area contributed by atoms with Crippen molar-refractivity contribution in [2.24, 2.45) is 5.73 Å². The highest BCUT2D eigenvalue weighted by molar-refractivity contribution is 7.90. The Hall–Kier alpha value is -3.13. The van der Waals surface area contributed by atoms with Gasteiger partial charge in [0.05, 0.1) is 10.6 Å². The Balaban J connectivity index is 2.18. The molecule has 0 aliphatic heterocycles. The van der Waals surface area contributed by atoms with Gasteiger partial charge >= 0.3 is 6.03 Å². The lowest BCUT2D eigenvalue weighted by atomic mass is 10.0. The van der Waals surface area contributed by atoms with Crippen LogP contribution in [0.4, 0.5) is 9.18 Å². The van der Waals surface area contributed by atoms with Gasteiger partial charge in [0.25, 0.3) is 0 Å². The first-order valence-electron chi connectivity index (χ1n) is 9.35. The summed E-state index contributed by atoms with van der Waals surface area (Å²) in [7, 11) is -1.77. The monoisotopic (exact) mass is 429 g/mol. The van der Waals surface area contributed by atoms with Gasteiger partial charge in [-0.1, -0.05) is 6.07 Å². The fraction of sp³-hybridized carbons (Fsp3) is 0.227. The molecule has 2 N–H and O–H groups in total. The number of aromatic nitrogens is 1. The van der Waals surface area contributed by atoms with Crippen molar-refractivity contribution >= 4 is 15.9 Å². The lowest BCUT2D eigenvalue weighted by Gasteiger charge is -2.17. The molecule has 0 radical (unpaired) electrons. The fourth-order valence-corrected chi connectivity index (χ4v) is 3.93. The molecule has 1 aromatic heterocycles. The van der Waals surface area contributed by atoms with Crippen LogP contribution in [0.3, 0.4) is 0 Å². The maximum atomic E-state index is 13.4. The number of rotatable bonds is 6. The minimum atomic E-state index is -3.39. The molecule has 30 heavy (non-hydrogen) atoms. The predicted octanol–water partition coefficient (Wildman–Crippen LogP) is 3.55. The summed E-state index contributed by atoms with van der Waals surface area (Å²) in [6, 6.07) is 12.5. The summed E-state index contributed by atoms with van der Waals surface area (Å²) < 4.78 is 39.6. The number of aryl methyl sites for hydroxylation is 1. The number of carbonyl (C=O) groups is 1. The number of halogens is 1. The molecule has 0 saturated heterocycles. The maximum Gasteiger partial charge on any atom is 0.314 e. The number of hydrogen-bond acceptors (Lipinski definition) is 3. The quantitative estimate of drug-likeness (QED) is 0.650. The van der Waals surface area contributed by atoms with Crippen molar-refractivity contribution in [2.75, 3.05) is 19.8 Å². The summed E-state index contributed by atoms with van der Waals surface area (Å²) in [5.41, 5.74) is 9.43. The van der Waals surface area contributed by atoms with Crippen molar-refractivity contribution in [3.8, 4) is 16.9 Å². The van der Waals surface area contributed by atoms with Gasteiger partial charge in [0.2, 0.25) is 0 Å².